The van der Waals surface area contributed by atoms with Crippen LogP contribution in [0.25, 0.3) is 0 Å². The summed E-state index contributed by atoms with van der Waals surface area (Å²) < 4.78 is 10.1. The highest BCUT2D eigenvalue weighted by Gasteiger charge is 2.37. The lowest BCUT2D eigenvalue weighted by molar-refractivity contribution is -0.384. The molecule has 1 atom stereocenters. The number of hydrogen-bond donors (Lipinski definition) is 0. The fourth-order valence-corrected chi connectivity index (χ4v) is 2.56. The van der Waals surface area contributed by atoms with Gasteiger partial charge in [0.25, 0.3) is 5.69 Å². The molecule has 0 N–H and O–H groups in total. The fourth-order valence-electron chi connectivity index (χ4n) is 2.56. The third kappa shape index (κ3) is 3.57. The van der Waals surface area contributed by atoms with Crippen LogP contribution in [-0.4, -0.2) is 28.6 Å². The summed E-state index contributed by atoms with van der Waals surface area (Å²) in [6, 6.07) is 13.6. The van der Waals surface area contributed by atoms with Crippen LogP contribution in [0, 0.1) is 10.1 Å². The Bertz CT molecular complexity index is 791. The average molecular weight is 342 g/mol. The van der Waals surface area contributed by atoms with Gasteiger partial charge in [0.05, 0.1) is 17.6 Å². The molecule has 0 spiro atoms. The SMILES string of the molecule is O=C1OCCC(c2ccccc2)N1C(=O)Oc1ccc([N+](=O)[O-])cc1. The molecule has 2 amide bonds. The van der Waals surface area contributed by atoms with Crippen LogP contribution in [0.1, 0.15) is 18.0 Å². The van der Waals surface area contributed by atoms with Crippen molar-refractivity contribution in [3.63, 3.8) is 0 Å². The zero-order chi connectivity index (χ0) is 17.8. The number of amides is 2. The summed E-state index contributed by atoms with van der Waals surface area (Å²) in [4.78, 5) is 35.5. The molecule has 3 rings (SSSR count). The molecule has 2 aromatic carbocycles. The Hall–Kier alpha value is -3.42. The number of benzene rings is 2. The minimum atomic E-state index is -0.896. The van der Waals surface area contributed by atoms with E-state index in [0.717, 1.165) is 10.5 Å². The van der Waals surface area contributed by atoms with Crippen molar-refractivity contribution in [1.29, 1.82) is 0 Å². The topological polar surface area (TPSA) is 99.0 Å². The number of carbonyl (C=O) groups is 2. The number of cyclic esters (lactones) is 1. The first-order valence-corrected chi connectivity index (χ1v) is 7.53. The van der Waals surface area contributed by atoms with Crippen molar-refractivity contribution >= 4 is 17.9 Å². The number of nitro groups is 1. The number of non-ortho nitro benzene ring substituents is 1. The number of rotatable bonds is 3. The predicted octanol–water partition coefficient (Wildman–Crippen LogP) is 3.68. The van der Waals surface area contributed by atoms with E-state index in [9.17, 15) is 19.7 Å². The van der Waals surface area contributed by atoms with Gasteiger partial charge in [-0.15, -0.1) is 0 Å². The monoisotopic (exact) mass is 342 g/mol. The molecule has 1 aliphatic heterocycles. The van der Waals surface area contributed by atoms with Crippen molar-refractivity contribution in [1.82, 2.24) is 4.90 Å². The van der Waals surface area contributed by atoms with Gasteiger partial charge in [-0.05, 0) is 17.7 Å². The van der Waals surface area contributed by atoms with Crippen molar-refractivity contribution in [3.8, 4) is 5.75 Å². The molecule has 0 aromatic heterocycles. The van der Waals surface area contributed by atoms with Crippen molar-refractivity contribution < 1.29 is 24.0 Å². The molecule has 128 valence electrons. The van der Waals surface area contributed by atoms with Gasteiger partial charge >= 0.3 is 12.2 Å². The Labute approximate surface area is 142 Å². The third-order valence-corrected chi connectivity index (χ3v) is 3.76. The molecule has 2 aromatic rings. The van der Waals surface area contributed by atoms with E-state index in [4.69, 9.17) is 9.47 Å². The van der Waals surface area contributed by atoms with Gasteiger partial charge in [-0.3, -0.25) is 10.1 Å². The highest BCUT2D eigenvalue weighted by Crippen LogP contribution is 2.30. The van der Waals surface area contributed by atoms with Crippen LogP contribution in [0.15, 0.2) is 54.6 Å². The van der Waals surface area contributed by atoms with E-state index in [1.165, 1.54) is 24.3 Å². The first-order valence-electron chi connectivity index (χ1n) is 7.53. The van der Waals surface area contributed by atoms with E-state index in [-0.39, 0.29) is 18.0 Å². The quantitative estimate of drug-likeness (QED) is 0.623. The lowest BCUT2D eigenvalue weighted by Crippen LogP contribution is -2.45. The number of nitrogens with zero attached hydrogens (tertiary/aromatic N) is 2. The van der Waals surface area contributed by atoms with E-state index >= 15 is 0 Å². The average Bonchev–Trinajstić information content (AvgIpc) is 2.62. The zero-order valence-corrected chi connectivity index (χ0v) is 13.0. The van der Waals surface area contributed by atoms with Crippen molar-refractivity contribution in [2.45, 2.75) is 12.5 Å². The van der Waals surface area contributed by atoms with E-state index in [1.54, 1.807) is 0 Å². The second kappa shape index (κ2) is 7.00. The number of imide groups is 1. The molecule has 1 heterocycles. The van der Waals surface area contributed by atoms with Crippen LogP contribution in [0.5, 0.6) is 5.75 Å². The van der Waals surface area contributed by atoms with Crippen molar-refractivity contribution in [3.05, 3.63) is 70.3 Å². The van der Waals surface area contributed by atoms with Crippen LogP contribution in [0.4, 0.5) is 15.3 Å². The Kier molecular flexibility index (Phi) is 4.60. The summed E-state index contributed by atoms with van der Waals surface area (Å²) in [6.07, 6.45) is -1.23. The number of ether oxygens (including phenoxy) is 2. The first kappa shape index (κ1) is 16.4. The van der Waals surface area contributed by atoms with Gasteiger partial charge in [0.15, 0.2) is 0 Å². The lowest BCUT2D eigenvalue weighted by atomic mass is 10.0. The molecule has 25 heavy (non-hydrogen) atoms. The smallest absolute Gasteiger partial charge is 0.425 e. The maximum Gasteiger partial charge on any atom is 0.425 e. The van der Waals surface area contributed by atoms with Gasteiger partial charge in [0.1, 0.15) is 5.75 Å². The maximum absolute atomic E-state index is 12.4. The molecule has 1 unspecified atom stereocenters. The number of nitro benzene ring substituents is 1. The summed E-state index contributed by atoms with van der Waals surface area (Å²) in [5, 5.41) is 10.7. The lowest BCUT2D eigenvalue weighted by Gasteiger charge is -2.32. The van der Waals surface area contributed by atoms with E-state index in [1.807, 2.05) is 30.3 Å². The van der Waals surface area contributed by atoms with Crippen molar-refractivity contribution in [2.75, 3.05) is 6.61 Å². The van der Waals surface area contributed by atoms with Crippen LogP contribution in [-0.2, 0) is 4.74 Å². The Morgan fingerprint density at radius 3 is 2.48 bits per heavy atom. The Morgan fingerprint density at radius 2 is 1.84 bits per heavy atom. The molecular formula is C17H14N2O6. The molecule has 8 heteroatoms. The van der Waals surface area contributed by atoms with Crippen LogP contribution in [0.3, 0.4) is 0 Å². The highest BCUT2D eigenvalue weighted by molar-refractivity contribution is 5.90. The molecule has 1 aliphatic rings. The van der Waals surface area contributed by atoms with Crippen LogP contribution in [0.2, 0.25) is 0 Å². The molecule has 1 saturated heterocycles. The summed E-state index contributed by atoms with van der Waals surface area (Å²) in [5.74, 6) is 0.0979. The highest BCUT2D eigenvalue weighted by atomic mass is 16.6. The van der Waals surface area contributed by atoms with Gasteiger partial charge in [0, 0.05) is 18.6 Å². The molecule has 0 bridgehead atoms. The van der Waals surface area contributed by atoms with E-state index in [2.05, 4.69) is 0 Å². The molecule has 0 radical (unpaired) electrons. The third-order valence-electron chi connectivity index (χ3n) is 3.76. The van der Waals surface area contributed by atoms with Gasteiger partial charge < -0.3 is 9.47 Å². The first-order chi connectivity index (χ1) is 12.1. The standard InChI is InChI=1S/C17H14N2O6/c20-16-18(15(10-11-24-16)12-4-2-1-3-5-12)17(21)25-14-8-6-13(7-9-14)19(22)23/h1-9,15H,10-11H2. The van der Waals surface area contributed by atoms with E-state index < -0.39 is 23.2 Å². The minimum Gasteiger partial charge on any atom is -0.449 e. The van der Waals surface area contributed by atoms with Crippen molar-refractivity contribution in [2.24, 2.45) is 0 Å². The van der Waals surface area contributed by atoms with Crippen LogP contribution >= 0.6 is 0 Å². The molecule has 0 aliphatic carbocycles. The van der Waals surface area contributed by atoms with E-state index in [0.29, 0.717) is 6.42 Å². The van der Waals surface area contributed by atoms with Gasteiger partial charge in [-0.1, -0.05) is 30.3 Å². The molecule has 1 fully saturated rings. The molecule has 8 nitrogen and oxygen atoms in total. The summed E-state index contributed by atoms with van der Waals surface area (Å²) in [6.45, 7) is 0.208. The largest absolute Gasteiger partial charge is 0.449 e. The summed E-state index contributed by atoms with van der Waals surface area (Å²) in [5.41, 5.74) is 0.666. The number of hydrogen-bond acceptors (Lipinski definition) is 6. The fraction of sp³-hybridized carbons (Fsp3) is 0.176. The number of carbonyl (C=O) groups excluding carboxylic acids is 2. The Balaban J connectivity index is 1.80. The van der Waals surface area contributed by atoms with Crippen LogP contribution < -0.4 is 4.74 Å². The summed E-state index contributed by atoms with van der Waals surface area (Å²) in [7, 11) is 0. The van der Waals surface area contributed by atoms with Gasteiger partial charge in [-0.2, -0.15) is 0 Å². The normalized spacial score (nSPS) is 16.9. The Morgan fingerprint density at radius 1 is 1.16 bits per heavy atom. The minimum absolute atomic E-state index is 0.0979. The second-order valence-corrected chi connectivity index (χ2v) is 5.32. The second-order valence-electron chi connectivity index (χ2n) is 5.32. The van der Waals surface area contributed by atoms with Gasteiger partial charge in [0.2, 0.25) is 0 Å². The molecule has 0 saturated carbocycles. The predicted molar refractivity (Wildman–Crippen MR) is 86.1 cm³/mol. The summed E-state index contributed by atoms with van der Waals surface area (Å²) >= 11 is 0. The zero-order valence-electron chi connectivity index (χ0n) is 13.0. The molecular weight excluding hydrogens is 328 g/mol. The van der Waals surface area contributed by atoms with Gasteiger partial charge in [-0.25, -0.2) is 14.5 Å². The maximum atomic E-state index is 12.4.